The lowest BCUT2D eigenvalue weighted by molar-refractivity contribution is 0.156. The van der Waals surface area contributed by atoms with E-state index in [-0.39, 0.29) is 24.6 Å². The summed E-state index contributed by atoms with van der Waals surface area (Å²) in [5.41, 5.74) is 6.03. The highest BCUT2D eigenvalue weighted by atomic mass is 16.3. The molecule has 1 aromatic rings. The van der Waals surface area contributed by atoms with Gasteiger partial charge < -0.3 is 15.4 Å². The third kappa shape index (κ3) is 1.18. The van der Waals surface area contributed by atoms with Crippen molar-refractivity contribution in [3.8, 4) is 0 Å². The van der Waals surface area contributed by atoms with Gasteiger partial charge in [0, 0.05) is 31.0 Å². The number of nitrogens with zero attached hydrogens (tertiary/aromatic N) is 2. The van der Waals surface area contributed by atoms with Gasteiger partial charge in [-0.25, -0.2) is 4.98 Å². The summed E-state index contributed by atoms with van der Waals surface area (Å²) in [4.78, 5) is 4.24. The predicted octanol–water partition coefficient (Wildman–Crippen LogP) is 0.702. The topological polar surface area (TPSA) is 64.1 Å². The number of hydrogen-bond donors (Lipinski definition) is 2. The van der Waals surface area contributed by atoms with Crippen molar-refractivity contribution in [1.82, 2.24) is 9.55 Å². The van der Waals surface area contributed by atoms with E-state index in [0.29, 0.717) is 5.92 Å². The highest BCUT2D eigenvalue weighted by molar-refractivity contribution is 5.11. The third-order valence-electron chi connectivity index (χ3n) is 3.11. The van der Waals surface area contributed by atoms with E-state index in [0.717, 1.165) is 5.82 Å². The van der Waals surface area contributed by atoms with Crippen LogP contribution in [0.2, 0.25) is 0 Å². The van der Waals surface area contributed by atoms with E-state index in [2.05, 4.69) is 23.4 Å². The van der Waals surface area contributed by atoms with Gasteiger partial charge in [-0.05, 0) is 5.92 Å². The molecule has 1 aromatic heterocycles. The zero-order chi connectivity index (χ0) is 10.3. The van der Waals surface area contributed by atoms with Crippen LogP contribution in [0.4, 0.5) is 0 Å². The van der Waals surface area contributed by atoms with Gasteiger partial charge >= 0.3 is 0 Å². The molecule has 14 heavy (non-hydrogen) atoms. The van der Waals surface area contributed by atoms with E-state index < -0.39 is 0 Å². The summed E-state index contributed by atoms with van der Waals surface area (Å²) < 4.78 is 2.11. The lowest BCUT2D eigenvalue weighted by Gasteiger charge is -2.24. The molecule has 0 spiro atoms. The van der Waals surface area contributed by atoms with Gasteiger partial charge in [0.25, 0.3) is 0 Å². The monoisotopic (exact) mass is 195 g/mol. The fourth-order valence-electron chi connectivity index (χ4n) is 2.48. The second kappa shape index (κ2) is 3.37. The Kier molecular flexibility index (Phi) is 2.33. The maximum Gasteiger partial charge on any atom is 0.126 e. The number of aromatic nitrogens is 2. The summed E-state index contributed by atoms with van der Waals surface area (Å²) in [5, 5.41) is 9.33. The standard InChI is InChI=1S/C10H17N3O/c1-6(2)9-7(5-14)8(11)10-12-3-4-13(9)10/h3-4,6-9,14H,5,11H2,1-2H3. The van der Waals surface area contributed by atoms with Crippen LogP contribution in [0.5, 0.6) is 0 Å². The van der Waals surface area contributed by atoms with Crippen LogP contribution in [0, 0.1) is 11.8 Å². The summed E-state index contributed by atoms with van der Waals surface area (Å²) in [7, 11) is 0. The molecule has 0 aromatic carbocycles. The van der Waals surface area contributed by atoms with Crippen molar-refractivity contribution < 1.29 is 5.11 Å². The van der Waals surface area contributed by atoms with Gasteiger partial charge in [-0.2, -0.15) is 0 Å². The number of hydrogen-bond acceptors (Lipinski definition) is 3. The van der Waals surface area contributed by atoms with Gasteiger partial charge in [0.2, 0.25) is 0 Å². The molecule has 0 radical (unpaired) electrons. The smallest absolute Gasteiger partial charge is 0.126 e. The molecule has 2 heterocycles. The molecule has 4 heteroatoms. The van der Waals surface area contributed by atoms with E-state index in [1.807, 2.05) is 6.20 Å². The molecule has 1 aliphatic rings. The minimum absolute atomic E-state index is 0.110. The third-order valence-corrected chi connectivity index (χ3v) is 3.11. The fraction of sp³-hybridized carbons (Fsp3) is 0.700. The number of aliphatic hydroxyl groups excluding tert-OH is 1. The molecule has 0 aliphatic carbocycles. The summed E-state index contributed by atoms with van der Waals surface area (Å²) >= 11 is 0. The molecule has 0 fully saturated rings. The summed E-state index contributed by atoms with van der Waals surface area (Å²) in [6, 6.07) is 0.162. The molecule has 0 amide bonds. The van der Waals surface area contributed by atoms with Crippen molar-refractivity contribution in [3.05, 3.63) is 18.2 Å². The van der Waals surface area contributed by atoms with Gasteiger partial charge in [0.05, 0.1) is 6.04 Å². The summed E-state index contributed by atoms with van der Waals surface area (Å²) in [5.74, 6) is 1.48. The molecular formula is C10H17N3O. The maximum atomic E-state index is 9.33. The van der Waals surface area contributed by atoms with E-state index in [1.54, 1.807) is 6.20 Å². The van der Waals surface area contributed by atoms with E-state index in [4.69, 9.17) is 5.73 Å². The Hall–Kier alpha value is -0.870. The van der Waals surface area contributed by atoms with Crippen LogP contribution in [-0.2, 0) is 0 Å². The maximum absolute atomic E-state index is 9.33. The fourth-order valence-corrected chi connectivity index (χ4v) is 2.48. The largest absolute Gasteiger partial charge is 0.396 e. The molecule has 3 N–H and O–H groups in total. The number of rotatable bonds is 2. The first kappa shape index (κ1) is 9.68. The first-order chi connectivity index (χ1) is 6.66. The van der Waals surface area contributed by atoms with Crippen LogP contribution in [0.25, 0.3) is 0 Å². The first-order valence-electron chi connectivity index (χ1n) is 5.06. The molecule has 4 nitrogen and oxygen atoms in total. The first-order valence-corrected chi connectivity index (χ1v) is 5.06. The molecule has 0 bridgehead atoms. The molecule has 0 saturated carbocycles. The molecular weight excluding hydrogens is 178 g/mol. The average Bonchev–Trinajstić information content (AvgIpc) is 2.67. The normalized spacial score (nSPS) is 31.1. The zero-order valence-corrected chi connectivity index (χ0v) is 8.59. The van der Waals surface area contributed by atoms with Crippen LogP contribution < -0.4 is 5.73 Å². The second-order valence-electron chi connectivity index (χ2n) is 4.30. The second-order valence-corrected chi connectivity index (χ2v) is 4.30. The number of imidazole rings is 1. The van der Waals surface area contributed by atoms with Crippen molar-refractivity contribution in [1.29, 1.82) is 0 Å². The van der Waals surface area contributed by atoms with Gasteiger partial charge in [-0.15, -0.1) is 0 Å². The SMILES string of the molecule is CC(C)C1C(CO)C(N)c2nccn21. The molecule has 1 aliphatic heterocycles. The average molecular weight is 195 g/mol. The van der Waals surface area contributed by atoms with Crippen LogP contribution in [0.1, 0.15) is 31.8 Å². The Labute approximate surface area is 83.8 Å². The molecule has 78 valence electrons. The zero-order valence-electron chi connectivity index (χ0n) is 8.59. The van der Waals surface area contributed by atoms with Crippen LogP contribution in [0.15, 0.2) is 12.4 Å². The van der Waals surface area contributed by atoms with Gasteiger partial charge in [0.1, 0.15) is 5.82 Å². The Morgan fingerprint density at radius 2 is 2.36 bits per heavy atom. The summed E-state index contributed by atoms with van der Waals surface area (Å²) in [6.45, 7) is 4.43. The number of fused-ring (bicyclic) bond motifs is 1. The number of aliphatic hydroxyl groups is 1. The van der Waals surface area contributed by atoms with Crippen molar-refractivity contribution in [2.75, 3.05) is 6.61 Å². The Morgan fingerprint density at radius 3 is 2.93 bits per heavy atom. The minimum Gasteiger partial charge on any atom is -0.396 e. The quantitative estimate of drug-likeness (QED) is 0.730. The van der Waals surface area contributed by atoms with Crippen LogP contribution >= 0.6 is 0 Å². The Morgan fingerprint density at radius 1 is 1.64 bits per heavy atom. The van der Waals surface area contributed by atoms with Crippen LogP contribution in [0.3, 0.4) is 0 Å². The Balaban J connectivity index is 2.39. The van der Waals surface area contributed by atoms with Gasteiger partial charge in [-0.3, -0.25) is 0 Å². The molecule has 2 rings (SSSR count). The Bertz CT molecular complexity index is 321. The predicted molar refractivity (Wildman–Crippen MR) is 53.6 cm³/mol. The molecule has 3 atom stereocenters. The minimum atomic E-state index is -0.123. The van der Waals surface area contributed by atoms with Gasteiger partial charge in [0.15, 0.2) is 0 Å². The van der Waals surface area contributed by atoms with Crippen molar-refractivity contribution >= 4 is 0 Å². The summed E-state index contributed by atoms with van der Waals surface area (Å²) in [6.07, 6.45) is 3.73. The molecule has 3 unspecified atom stereocenters. The van der Waals surface area contributed by atoms with E-state index in [1.165, 1.54) is 0 Å². The van der Waals surface area contributed by atoms with E-state index >= 15 is 0 Å². The van der Waals surface area contributed by atoms with Crippen molar-refractivity contribution in [2.24, 2.45) is 17.6 Å². The lowest BCUT2D eigenvalue weighted by atomic mass is 9.89. The number of nitrogens with two attached hydrogens (primary N) is 1. The van der Waals surface area contributed by atoms with Crippen molar-refractivity contribution in [3.63, 3.8) is 0 Å². The highest BCUT2D eigenvalue weighted by Gasteiger charge is 2.40. The van der Waals surface area contributed by atoms with Crippen LogP contribution in [-0.4, -0.2) is 21.3 Å². The highest BCUT2D eigenvalue weighted by Crippen LogP contribution is 2.41. The van der Waals surface area contributed by atoms with Crippen molar-refractivity contribution in [2.45, 2.75) is 25.9 Å². The van der Waals surface area contributed by atoms with E-state index in [9.17, 15) is 5.11 Å². The molecule has 0 saturated heterocycles. The van der Waals surface area contributed by atoms with Gasteiger partial charge in [-0.1, -0.05) is 13.8 Å². The lowest BCUT2D eigenvalue weighted by Crippen LogP contribution is -2.26.